The Hall–Kier alpha value is -2.28. The van der Waals surface area contributed by atoms with E-state index in [9.17, 15) is 18.3 Å². The molecule has 2 N–H and O–H groups in total. The Kier molecular flexibility index (Phi) is 4.36. The number of aliphatic hydroxyl groups is 1. The van der Waals surface area contributed by atoms with Crippen LogP contribution in [0.25, 0.3) is 11.1 Å². The van der Waals surface area contributed by atoms with Gasteiger partial charge >= 0.3 is 6.18 Å². The summed E-state index contributed by atoms with van der Waals surface area (Å²) in [6.07, 6.45) is -2.65. The molecule has 1 atom stereocenters. The molecule has 0 saturated heterocycles. The summed E-state index contributed by atoms with van der Waals surface area (Å²) in [4.78, 5) is 6.23. The van der Waals surface area contributed by atoms with Crippen molar-refractivity contribution in [2.75, 3.05) is 23.4 Å². The first-order chi connectivity index (χ1) is 11.4. The van der Waals surface area contributed by atoms with Gasteiger partial charge < -0.3 is 15.3 Å². The maximum atomic E-state index is 12.9. The molecule has 0 saturated carbocycles. The zero-order chi connectivity index (χ0) is 17.3. The highest BCUT2D eigenvalue weighted by molar-refractivity contribution is 5.78. The van der Waals surface area contributed by atoms with Gasteiger partial charge in [0.15, 0.2) is 5.82 Å². The highest BCUT2D eigenvalue weighted by Gasteiger charge is 2.30. The number of aliphatic hydroxyl groups excluding tert-OH is 1. The van der Waals surface area contributed by atoms with E-state index in [-0.39, 0.29) is 0 Å². The molecule has 2 heterocycles. The fourth-order valence-corrected chi connectivity index (χ4v) is 2.67. The molecule has 24 heavy (non-hydrogen) atoms. The van der Waals surface area contributed by atoms with Crippen LogP contribution in [0.1, 0.15) is 18.9 Å². The summed E-state index contributed by atoms with van der Waals surface area (Å²) < 4.78 is 38.7. The van der Waals surface area contributed by atoms with Crippen molar-refractivity contribution in [3.63, 3.8) is 0 Å². The quantitative estimate of drug-likeness (QED) is 0.893. The second-order valence-electron chi connectivity index (χ2n) is 5.79. The van der Waals surface area contributed by atoms with Crippen molar-refractivity contribution < 1.29 is 18.3 Å². The maximum absolute atomic E-state index is 12.9. The molecule has 0 bridgehead atoms. The highest BCUT2D eigenvalue weighted by atomic mass is 19.4. The van der Waals surface area contributed by atoms with Gasteiger partial charge in [-0.25, -0.2) is 4.98 Å². The van der Waals surface area contributed by atoms with Crippen molar-refractivity contribution in [2.45, 2.75) is 25.6 Å². The number of nitrogens with zero attached hydrogens (tertiary/aromatic N) is 2. The molecule has 4 nitrogen and oxygen atoms in total. The first kappa shape index (κ1) is 16.6. The van der Waals surface area contributed by atoms with Crippen LogP contribution < -0.4 is 10.2 Å². The summed E-state index contributed by atoms with van der Waals surface area (Å²) in [5.41, 5.74) is 1.18. The largest absolute Gasteiger partial charge is 0.416 e. The number of hydrogen-bond donors (Lipinski definition) is 2. The summed E-state index contributed by atoms with van der Waals surface area (Å²) in [6, 6.07) is 7.00. The number of alkyl halides is 3. The van der Waals surface area contributed by atoms with Crippen LogP contribution in [0, 0.1) is 0 Å². The number of pyridine rings is 1. The molecule has 2 aromatic rings. The van der Waals surface area contributed by atoms with Gasteiger partial charge in [0.1, 0.15) is 0 Å². The van der Waals surface area contributed by atoms with Gasteiger partial charge in [0.2, 0.25) is 0 Å². The van der Waals surface area contributed by atoms with Gasteiger partial charge in [0, 0.05) is 18.3 Å². The number of benzene rings is 1. The molecular formula is C17H18F3N3O. The molecule has 0 spiro atoms. The van der Waals surface area contributed by atoms with Gasteiger partial charge in [0.05, 0.1) is 24.0 Å². The summed E-state index contributed by atoms with van der Waals surface area (Å²) in [6.45, 7) is 2.86. The monoisotopic (exact) mass is 337 g/mol. The molecule has 0 unspecified atom stereocenters. The van der Waals surface area contributed by atoms with Gasteiger partial charge in [-0.2, -0.15) is 13.2 Å². The van der Waals surface area contributed by atoms with E-state index in [1.807, 2.05) is 11.8 Å². The van der Waals surface area contributed by atoms with Crippen molar-refractivity contribution in [2.24, 2.45) is 0 Å². The average molecular weight is 337 g/mol. The minimum Gasteiger partial charge on any atom is -0.391 e. The van der Waals surface area contributed by atoms with Gasteiger partial charge in [-0.15, -0.1) is 0 Å². The van der Waals surface area contributed by atoms with E-state index >= 15 is 0 Å². The van der Waals surface area contributed by atoms with E-state index in [2.05, 4.69) is 10.3 Å². The molecule has 0 aliphatic carbocycles. The Balaban J connectivity index is 1.93. The molecule has 1 aliphatic rings. The van der Waals surface area contributed by atoms with E-state index in [0.29, 0.717) is 36.6 Å². The Morgan fingerprint density at radius 1 is 1.29 bits per heavy atom. The van der Waals surface area contributed by atoms with Gasteiger partial charge in [0.25, 0.3) is 0 Å². The molecule has 0 radical (unpaired) electrons. The number of fused-ring (bicyclic) bond motifs is 1. The first-order valence-corrected chi connectivity index (χ1v) is 7.73. The molecule has 128 valence electrons. The SMILES string of the molecule is CC[C@@H](O)CN1CNc2ncc(-c3cccc(C(F)(F)F)c3)cc21. The fraction of sp³-hybridized carbons (Fsp3) is 0.353. The third kappa shape index (κ3) is 3.31. The molecule has 0 amide bonds. The number of nitrogens with one attached hydrogen (secondary N) is 1. The van der Waals surface area contributed by atoms with Crippen LogP contribution in [-0.2, 0) is 6.18 Å². The standard InChI is InChI=1S/C17H18F3N3O/c1-2-14(24)9-23-10-22-16-15(23)7-12(8-21-16)11-4-3-5-13(6-11)17(18,19)20/h3-8,14,24H,2,9-10H2,1H3,(H,21,22)/t14-/m1/s1. The van der Waals surface area contributed by atoms with Gasteiger partial charge in [-0.3, -0.25) is 0 Å². The molecule has 7 heteroatoms. The second kappa shape index (κ2) is 6.32. The number of rotatable bonds is 4. The number of halogens is 3. The Bertz CT molecular complexity index is 733. The zero-order valence-corrected chi connectivity index (χ0v) is 13.1. The minimum absolute atomic E-state index is 0.449. The molecule has 3 rings (SSSR count). The molecule has 0 fully saturated rings. The molecular weight excluding hydrogens is 319 g/mol. The van der Waals surface area contributed by atoms with Crippen LogP contribution in [0.15, 0.2) is 36.5 Å². The lowest BCUT2D eigenvalue weighted by atomic mass is 10.0. The van der Waals surface area contributed by atoms with E-state index in [1.165, 1.54) is 6.07 Å². The van der Waals surface area contributed by atoms with Crippen molar-refractivity contribution in [3.05, 3.63) is 42.1 Å². The smallest absolute Gasteiger partial charge is 0.391 e. The van der Waals surface area contributed by atoms with Crippen molar-refractivity contribution in [1.29, 1.82) is 0 Å². The Morgan fingerprint density at radius 2 is 2.08 bits per heavy atom. The van der Waals surface area contributed by atoms with Crippen LogP contribution in [0.5, 0.6) is 0 Å². The summed E-state index contributed by atoms with van der Waals surface area (Å²) in [7, 11) is 0. The second-order valence-corrected chi connectivity index (χ2v) is 5.79. The lowest BCUT2D eigenvalue weighted by Crippen LogP contribution is -2.31. The van der Waals surface area contributed by atoms with E-state index < -0.39 is 17.8 Å². The fourth-order valence-electron chi connectivity index (χ4n) is 2.67. The van der Waals surface area contributed by atoms with Gasteiger partial charge in [-0.1, -0.05) is 19.1 Å². The van der Waals surface area contributed by atoms with Crippen molar-refractivity contribution in [3.8, 4) is 11.1 Å². The van der Waals surface area contributed by atoms with Crippen LogP contribution in [0.3, 0.4) is 0 Å². The third-order valence-electron chi connectivity index (χ3n) is 4.07. The van der Waals surface area contributed by atoms with E-state index in [0.717, 1.165) is 17.8 Å². The van der Waals surface area contributed by atoms with E-state index in [1.54, 1.807) is 18.3 Å². The highest BCUT2D eigenvalue weighted by Crippen LogP contribution is 2.36. The summed E-state index contributed by atoms with van der Waals surface area (Å²) in [5, 5.41) is 13.0. The maximum Gasteiger partial charge on any atom is 0.416 e. The van der Waals surface area contributed by atoms with Crippen LogP contribution in [-0.4, -0.2) is 29.4 Å². The number of aromatic nitrogens is 1. The van der Waals surface area contributed by atoms with Gasteiger partial charge in [-0.05, 0) is 30.2 Å². The van der Waals surface area contributed by atoms with Crippen molar-refractivity contribution >= 4 is 11.5 Å². The average Bonchev–Trinajstić information content (AvgIpc) is 2.96. The Labute approximate surface area is 137 Å². The van der Waals surface area contributed by atoms with Crippen molar-refractivity contribution in [1.82, 2.24) is 4.98 Å². The lowest BCUT2D eigenvalue weighted by Gasteiger charge is -2.21. The number of anilines is 2. The summed E-state index contributed by atoms with van der Waals surface area (Å²) in [5.74, 6) is 0.675. The molecule has 1 aliphatic heterocycles. The van der Waals surface area contributed by atoms with Crippen LogP contribution >= 0.6 is 0 Å². The topological polar surface area (TPSA) is 48.4 Å². The van der Waals surface area contributed by atoms with E-state index in [4.69, 9.17) is 0 Å². The molecule has 1 aromatic carbocycles. The number of hydrogen-bond acceptors (Lipinski definition) is 4. The number of β-amino-alcohol motifs (C(OH)–C–C–N with tert-alkyl or cyclic N) is 1. The normalized spacial score (nSPS) is 15.1. The molecule has 1 aromatic heterocycles. The predicted molar refractivity (Wildman–Crippen MR) is 86.8 cm³/mol. The summed E-state index contributed by atoms with van der Waals surface area (Å²) >= 11 is 0. The predicted octanol–water partition coefficient (Wildman–Crippen LogP) is 3.73. The minimum atomic E-state index is -4.38. The van der Waals surface area contributed by atoms with Crippen LogP contribution in [0.2, 0.25) is 0 Å². The third-order valence-corrected chi connectivity index (χ3v) is 4.07. The van der Waals surface area contributed by atoms with Crippen LogP contribution in [0.4, 0.5) is 24.7 Å². The first-order valence-electron chi connectivity index (χ1n) is 7.73. The Morgan fingerprint density at radius 3 is 2.79 bits per heavy atom. The lowest BCUT2D eigenvalue weighted by molar-refractivity contribution is -0.137. The zero-order valence-electron chi connectivity index (χ0n) is 13.1.